The normalized spacial score (nSPS) is 10.7. The van der Waals surface area contributed by atoms with Crippen molar-refractivity contribution in [1.29, 1.82) is 0 Å². The van der Waals surface area contributed by atoms with Gasteiger partial charge in [-0.25, -0.2) is 9.18 Å². The van der Waals surface area contributed by atoms with Crippen molar-refractivity contribution >= 4 is 17.5 Å². The van der Waals surface area contributed by atoms with Crippen LogP contribution in [0, 0.1) is 34.1 Å². The maximum Gasteiger partial charge on any atom is 0.415 e. The van der Waals surface area contributed by atoms with Crippen LogP contribution in [0.4, 0.5) is 25.0 Å². The average Bonchev–Trinajstić information content (AvgIpc) is 2.35. The molecule has 0 aliphatic rings. The molecule has 0 aromatic heterocycles. The first-order valence-corrected chi connectivity index (χ1v) is 6.15. The summed E-state index contributed by atoms with van der Waals surface area (Å²) in [6.07, 6.45) is 3.98. The van der Waals surface area contributed by atoms with Gasteiger partial charge in [0, 0.05) is 6.07 Å². The van der Waals surface area contributed by atoms with Gasteiger partial charge >= 0.3 is 11.8 Å². The van der Waals surface area contributed by atoms with Gasteiger partial charge < -0.3 is 4.74 Å². The van der Waals surface area contributed by atoms with E-state index in [0.717, 1.165) is 0 Å². The summed E-state index contributed by atoms with van der Waals surface area (Å²) in [6.45, 7) is 4.15. The second-order valence-electron chi connectivity index (χ2n) is 5.26. The molecular formula is C14H14F2N2O4. The van der Waals surface area contributed by atoms with Crippen molar-refractivity contribution < 1.29 is 23.2 Å². The molecule has 0 saturated carbocycles. The zero-order chi connectivity index (χ0) is 17.1. The lowest BCUT2D eigenvalue weighted by atomic mass is 10.2. The van der Waals surface area contributed by atoms with Gasteiger partial charge in [-0.1, -0.05) is 5.92 Å². The van der Waals surface area contributed by atoms with Crippen molar-refractivity contribution in [2.24, 2.45) is 0 Å². The Balaban J connectivity index is 3.39. The monoisotopic (exact) mass is 312 g/mol. The van der Waals surface area contributed by atoms with Crippen LogP contribution in [0.3, 0.4) is 0 Å². The summed E-state index contributed by atoms with van der Waals surface area (Å²) in [7, 11) is 0. The maximum absolute atomic E-state index is 14.2. The third-order valence-electron chi connectivity index (χ3n) is 2.38. The number of amides is 1. The number of terminal acetylenes is 1. The number of anilines is 1. The molecule has 1 aromatic carbocycles. The highest BCUT2D eigenvalue weighted by Gasteiger charge is 2.31. The van der Waals surface area contributed by atoms with E-state index in [2.05, 4.69) is 5.92 Å². The van der Waals surface area contributed by atoms with E-state index in [9.17, 15) is 23.7 Å². The summed E-state index contributed by atoms with van der Waals surface area (Å²) in [4.78, 5) is 22.2. The summed E-state index contributed by atoms with van der Waals surface area (Å²) in [5, 5.41) is 10.7. The minimum atomic E-state index is -1.49. The summed E-state index contributed by atoms with van der Waals surface area (Å²) >= 11 is 0. The third-order valence-corrected chi connectivity index (χ3v) is 2.38. The summed E-state index contributed by atoms with van der Waals surface area (Å²) in [6, 6.07) is 1.35. The SMILES string of the molecule is C#CCN(C(=O)OC(C)(C)C)c1c(F)ccc([N+](=O)[O-])c1F. The molecule has 0 fully saturated rings. The second kappa shape index (κ2) is 6.39. The van der Waals surface area contributed by atoms with E-state index < -0.39 is 46.2 Å². The molecule has 6 nitrogen and oxygen atoms in total. The quantitative estimate of drug-likeness (QED) is 0.488. The number of carbonyl (C=O) groups excluding carboxylic acids is 1. The van der Waals surface area contributed by atoms with Crippen molar-refractivity contribution in [2.45, 2.75) is 26.4 Å². The molecule has 1 rings (SSSR count). The second-order valence-corrected chi connectivity index (χ2v) is 5.26. The Bertz CT molecular complexity index is 647. The van der Waals surface area contributed by atoms with E-state index in [-0.39, 0.29) is 0 Å². The van der Waals surface area contributed by atoms with Crippen LogP contribution in [-0.4, -0.2) is 23.2 Å². The number of carbonyl (C=O) groups is 1. The van der Waals surface area contributed by atoms with Crippen molar-refractivity contribution in [2.75, 3.05) is 11.4 Å². The van der Waals surface area contributed by atoms with Crippen LogP contribution in [0.15, 0.2) is 12.1 Å². The van der Waals surface area contributed by atoms with Gasteiger partial charge in [0.2, 0.25) is 5.82 Å². The molecule has 0 heterocycles. The van der Waals surface area contributed by atoms with Crippen molar-refractivity contribution in [3.63, 3.8) is 0 Å². The van der Waals surface area contributed by atoms with Crippen molar-refractivity contribution in [3.8, 4) is 12.3 Å². The topological polar surface area (TPSA) is 72.7 Å². The predicted octanol–water partition coefficient (Wildman–Crippen LogP) is 3.25. The van der Waals surface area contributed by atoms with Crippen LogP contribution in [0.1, 0.15) is 20.8 Å². The number of rotatable bonds is 3. The molecule has 8 heteroatoms. The number of halogens is 2. The van der Waals surface area contributed by atoms with Gasteiger partial charge in [0.25, 0.3) is 0 Å². The van der Waals surface area contributed by atoms with E-state index in [4.69, 9.17) is 11.2 Å². The van der Waals surface area contributed by atoms with Gasteiger partial charge in [-0.3, -0.25) is 15.0 Å². The molecule has 1 aromatic rings. The molecule has 0 saturated heterocycles. The number of nitro benzene ring substituents is 1. The Kier molecular flexibility index (Phi) is 5.04. The van der Waals surface area contributed by atoms with Crippen molar-refractivity contribution in [1.82, 2.24) is 0 Å². The highest BCUT2D eigenvalue weighted by Crippen LogP contribution is 2.31. The molecule has 0 aliphatic carbocycles. The summed E-state index contributed by atoms with van der Waals surface area (Å²) in [5.74, 6) is -0.599. The minimum Gasteiger partial charge on any atom is -0.443 e. The number of nitrogens with zero attached hydrogens (tertiary/aromatic N) is 2. The lowest BCUT2D eigenvalue weighted by Gasteiger charge is -2.26. The molecule has 22 heavy (non-hydrogen) atoms. The van der Waals surface area contributed by atoms with Crippen LogP contribution in [0.5, 0.6) is 0 Å². The van der Waals surface area contributed by atoms with E-state index in [1.54, 1.807) is 20.8 Å². The molecule has 0 spiro atoms. The molecule has 0 unspecified atom stereocenters. The molecule has 0 N–H and O–H groups in total. The Morgan fingerprint density at radius 3 is 2.50 bits per heavy atom. The lowest BCUT2D eigenvalue weighted by Crippen LogP contribution is -2.38. The van der Waals surface area contributed by atoms with Crippen LogP contribution in [-0.2, 0) is 4.74 Å². The van der Waals surface area contributed by atoms with Crippen LogP contribution in [0.25, 0.3) is 0 Å². The van der Waals surface area contributed by atoms with Gasteiger partial charge in [-0.15, -0.1) is 6.42 Å². The van der Waals surface area contributed by atoms with Crippen LogP contribution in [0.2, 0.25) is 0 Å². The summed E-state index contributed by atoms with van der Waals surface area (Å²) in [5.41, 5.74) is -2.82. The highest BCUT2D eigenvalue weighted by atomic mass is 19.1. The standard InChI is InChI=1S/C14H14F2N2O4/c1-5-8-17(13(19)22-14(2,3)4)12-9(15)6-7-10(11(12)16)18(20)21/h1,6-7H,8H2,2-4H3. The maximum atomic E-state index is 14.2. The van der Waals surface area contributed by atoms with Crippen LogP contribution < -0.4 is 4.90 Å². The minimum absolute atomic E-state index is 0.503. The fraction of sp³-hybridized carbons (Fsp3) is 0.357. The molecule has 0 radical (unpaired) electrons. The Morgan fingerprint density at radius 2 is 2.05 bits per heavy atom. The molecule has 0 bridgehead atoms. The van der Waals surface area contributed by atoms with Gasteiger partial charge in [-0.05, 0) is 26.8 Å². The smallest absolute Gasteiger partial charge is 0.415 e. The van der Waals surface area contributed by atoms with Gasteiger partial charge in [0.15, 0.2) is 5.82 Å². The zero-order valence-electron chi connectivity index (χ0n) is 12.2. The first-order chi connectivity index (χ1) is 10.1. The van der Waals surface area contributed by atoms with Gasteiger partial charge in [-0.2, -0.15) is 4.39 Å². The average molecular weight is 312 g/mol. The van der Waals surface area contributed by atoms with E-state index in [1.165, 1.54) is 0 Å². The van der Waals surface area contributed by atoms with Crippen LogP contribution >= 0.6 is 0 Å². The number of hydrogen-bond acceptors (Lipinski definition) is 4. The number of benzene rings is 1. The first-order valence-electron chi connectivity index (χ1n) is 6.15. The number of hydrogen-bond donors (Lipinski definition) is 0. The fourth-order valence-electron chi connectivity index (χ4n) is 1.56. The molecule has 0 atom stereocenters. The Hall–Kier alpha value is -2.69. The fourth-order valence-corrected chi connectivity index (χ4v) is 1.56. The summed E-state index contributed by atoms with van der Waals surface area (Å²) < 4.78 is 33.0. The Morgan fingerprint density at radius 1 is 1.45 bits per heavy atom. The molecule has 0 aliphatic heterocycles. The molecule has 118 valence electrons. The lowest BCUT2D eigenvalue weighted by molar-refractivity contribution is -0.387. The predicted molar refractivity (Wildman–Crippen MR) is 75.4 cm³/mol. The molecule has 1 amide bonds. The third kappa shape index (κ3) is 3.91. The first kappa shape index (κ1) is 17.4. The van der Waals surface area contributed by atoms with E-state index >= 15 is 0 Å². The molecular weight excluding hydrogens is 298 g/mol. The number of ether oxygens (including phenoxy) is 1. The Labute approximate surface area is 125 Å². The highest BCUT2D eigenvalue weighted by molar-refractivity contribution is 5.89. The largest absolute Gasteiger partial charge is 0.443 e. The van der Waals surface area contributed by atoms with Crippen molar-refractivity contribution in [3.05, 3.63) is 33.9 Å². The number of nitro groups is 1. The van der Waals surface area contributed by atoms with E-state index in [1.807, 2.05) is 0 Å². The van der Waals surface area contributed by atoms with Gasteiger partial charge in [0.1, 0.15) is 11.3 Å². The van der Waals surface area contributed by atoms with Gasteiger partial charge in [0.05, 0.1) is 11.5 Å². The van der Waals surface area contributed by atoms with E-state index in [0.29, 0.717) is 17.0 Å². The zero-order valence-corrected chi connectivity index (χ0v) is 12.2.